The van der Waals surface area contributed by atoms with Crippen LogP contribution in [0.3, 0.4) is 0 Å². The van der Waals surface area contributed by atoms with E-state index >= 15 is 0 Å². The maximum Gasteiger partial charge on any atom is 0.233 e. The van der Waals surface area contributed by atoms with Gasteiger partial charge in [0.25, 0.3) is 0 Å². The van der Waals surface area contributed by atoms with E-state index in [-0.39, 0.29) is 34.5 Å². The lowest BCUT2D eigenvalue weighted by Gasteiger charge is -2.39. The summed E-state index contributed by atoms with van der Waals surface area (Å²) in [6.07, 6.45) is 4.80. The van der Waals surface area contributed by atoms with Crippen molar-refractivity contribution in [2.45, 2.75) is 63.3 Å². The van der Waals surface area contributed by atoms with Crippen molar-refractivity contribution in [1.29, 1.82) is 0 Å². The van der Waals surface area contributed by atoms with Crippen LogP contribution in [-0.2, 0) is 10.2 Å². The number of halogens is 2. The molecule has 1 heterocycles. The molecule has 1 aromatic heterocycles. The Morgan fingerprint density at radius 3 is 2.50 bits per heavy atom. The molecule has 0 saturated heterocycles. The summed E-state index contributed by atoms with van der Waals surface area (Å²) in [5.41, 5.74) is 0.587. The van der Waals surface area contributed by atoms with Crippen LogP contribution in [0.4, 0.5) is 8.78 Å². The number of nitrogens with zero attached hydrogens (tertiary/aromatic N) is 2. The summed E-state index contributed by atoms with van der Waals surface area (Å²) in [5, 5.41) is 11.8. The molecular weight excluding hydrogens is 360 g/mol. The number of carbonyl (C=O) groups excluding carboxylic acids is 1. The lowest BCUT2D eigenvalue weighted by atomic mass is 9.67. The van der Waals surface area contributed by atoms with Crippen LogP contribution in [0.2, 0.25) is 0 Å². The summed E-state index contributed by atoms with van der Waals surface area (Å²) in [4.78, 5) is 13.4. The van der Waals surface area contributed by atoms with Gasteiger partial charge in [0, 0.05) is 6.04 Å². The van der Waals surface area contributed by atoms with Crippen LogP contribution in [-0.4, -0.2) is 22.1 Å². The Morgan fingerprint density at radius 2 is 1.86 bits per heavy atom. The number of rotatable bonds is 3. The van der Waals surface area contributed by atoms with Crippen LogP contribution in [0.15, 0.2) is 24.3 Å². The van der Waals surface area contributed by atoms with E-state index in [1.807, 2.05) is 0 Å². The summed E-state index contributed by atoms with van der Waals surface area (Å²) in [7, 11) is 0. The molecule has 1 aromatic carbocycles. The third-order valence-electron chi connectivity index (χ3n) is 7.43. The van der Waals surface area contributed by atoms with Gasteiger partial charge in [-0.3, -0.25) is 4.79 Å². The standard InChI is InChI=1S/C22H23F2N3O/c1-21(2)14-9-10-22(21,20(28)25-12-5-3-6-12)19-13(14)11-17(26-27-19)18-15(23)7-4-8-16(18)24/h4,7-8,11-12,14H,3,5-6,9-10H2,1-2H3,(H,25,28)/t14-,22+/m1/s1. The number of hydrogen-bond acceptors (Lipinski definition) is 3. The highest BCUT2D eigenvalue weighted by molar-refractivity contribution is 5.92. The number of fused-ring (bicyclic) bond motifs is 5. The van der Waals surface area contributed by atoms with Crippen molar-refractivity contribution in [2.75, 3.05) is 0 Å². The van der Waals surface area contributed by atoms with Gasteiger partial charge in [-0.1, -0.05) is 19.9 Å². The molecule has 146 valence electrons. The lowest BCUT2D eigenvalue weighted by Crippen LogP contribution is -2.53. The summed E-state index contributed by atoms with van der Waals surface area (Å²) < 4.78 is 28.5. The second kappa shape index (κ2) is 5.82. The Morgan fingerprint density at radius 1 is 1.14 bits per heavy atom. The Labute approximate surface area is 162 Å². The van der Waals surface area contributed by atoms with Crippen molar-refractivity contribution in [3.05, 3.63) is 47.2 Å². The van der Waals surface area contributed by atoms with Gasteiger partial charge in [-0.2, -0.15) is 5.10 Å². The fourth-order valence-corrected chi connectivity index (χ4v) is 5.55. The van der Waals surface area contributed by atoms with E-state index < -0.39 is 17.0 Å². The maximum atomic E-state index is 14.2. The van der Waals surface area contributed by atoms with Crippen LogP contribution in [0.25, 0.3) is 11.3 Å². The average molecular weight is 383 g/mol. The molecule has 1 amide bonds. The third-order valence-corrected chi connectivity index (χ3v) is 7.43. The van der Waals surface area contributed by atoms with Crippen LogP contribution < -0.4 is 5.32 Å². The molecule has 0 aliphatic heterocycles. The van der Waals surface area contributed by atoms with Gasteiger partial charge in [-0.05, 0) is 67.2 Å². The largest absolute Gasteiger partial charge is 0.353 e. The molecule has 3 aliphatic carbocycles. The first-order valence-electron chi connectivity index (χ1n) is 9.99. The van der Waals surface area contributed by atoms with Gasteiger partial charge in [-0.15, -0.1) is 5.10 Å². The normalized spacial score (nSPS) is 27.4. The van der Waals surface area contributed by atoms with Crippen molar-refractivity contribution in [3.63, 3.8) is 0 Å². The minimum absolute atomic E-state index is 0.0302. The number of aromatic nitrogens is 2. The van der Waals surface area contributed by atoms with Crippen LogP contribution in [0.1, 0.15) is 63.1 Å². The number of carbonyl (C=O) groups is 1. The van der Waals surface area contributed by atoms with Gasteiger partial charge in [0.1, 0.15) is 11.6 Å². The lowest BCUT2D eigenvalue weighted by molar-refractivity contribution is -0.131. The van der Waals surface area contributed by atoms with E-state index in [1.165, 1.54) is 18.2 Å². The van der Waals surface area contributed by atoms with Gasteiger partial charge in [0.15, 0.2) is 0 Å². The molecule has 2 fully saturated rings. The van der Waals surface area contributed by atoms with Crippen molar-refractivity contribution < 1.29 is 13.6 Å². The minimum Gasteiger partial charge on any atom is -0.353 e. The molecule has 4 nitrogen and oxygen atoms in total. The molecule has 6 heteroatoms. The van der Waals surface area contributed by atoms with Gasteiger partial charge < -0.3 is 5.32 Å². The molecule has 3 aliphatic rings. The van der Waals surface area contributed by atoms with Crippen molar-refractivity contribution >= 4 is 5.91 Å². The Hall–Kier alpha value is -2.37. The molecule has 2 aromatic rings. The van der Waals surface area contributed by atoms with Gasteiger partial charge in [-0.25, -0.2) is 8.78 Å². The number of nitrogens with one attached hydrogen (secondary N) is 1. The Balaban J connectivity index is 1.62. The van der Waals surface area contributed by atoms with Crippen molar-refractivity contribution in [2.24, 2.45) is 5.41 Å². The topological polar surface area (TPSA) is 54.9 Å². The zero-order valence-corrected chi connectivity index (χ0v) is 16.1. The highest BCUT2D eigenvalue weighted by Crippen LogP contribution is 2.67. The average Bonchev–Trinajstić information content (AvgIpc) is 3.00. The number of benzene rings is 1. The molecule has 2 saturated carbocycles. The highest BCUT2D eigenvalue weighted by atomic mass is 19.1. The molecular formula is C22H23F2N3O. The molecule has 2 atom stereocenters. The van der Waals surface area contributed by atoms with E-state index in [2.05, 4.69) is 29.4 Å². The third kappa shape index (κ3) is 2.12. The SMILES string of the molecule is CC1(C)[C@@H]2CC[C@@]1(C(=O)NC1CCC1)c1nnc(-c3c(F)cccc3F)cc12. The number of hydrogen-bond donors (Lipinski definition) is 1. The van der Waals surface area contributed by atoms with Crippen LogP contribution in [0, 0.1) is 17.0 Å². The quantitative estimate of drug-likeness (QED) is 0.862. The summed E-state index contributed by atoms with van der Waals surface area (Å²) in [5.74, 6) is -1.16. The van der Waals surface area contributed by atoms with Gasteiger partial charge in [0.05, 0.1) is 22.4 Å². The van der Waals surface area contributed by atoms with E-state index in [9.17, 15) is 13.6 Å². The first kappa shape index (κ1) is 17.7. The van der Waals surface area contributed by atoms with E-state index in [4.69, 9.17) is 0 Å². The van der Waals surface area contributed by atoms with E-state index in [0.29, 0.717) is 5.69 Å². The Bertz CT molecular complexity index is 965. The van der Waals surface area contributed by atoms with E-state index in [1.54, 1.807) is 6.07 Å². The molecule has 28 heavy (non-hydrogen) atoms. The summed E-state index contributed by atoms with van der Waals surface area (Å²) in [6, 6.07) is 5.77. The first-order chi connectivity index (χ1) is 13.4. The maximum absolute atomic E-state index is 14.2. The Kier molecular flexibility index (Phi) is 3.68. The van der Waals surface area contributed by atoms with Crippen LogP contribution in [0.5, 0.6) is 0 Å². The fourth-order valence-electron chi connectivity index (χ4n) is 5.55. The predicted molar refractivity (Wildman–Crippen MR) is 101 cm³/mol. The van der Waals surface area contributed by atoms with Gasteiger partial charge in [0.2, 0.25) is 5.91 Å². The predicted octanol–water partition coefficient (Wildman–Crippen LogP) is 4.25. The fraction of sp³-hybridized carbons (Fsp3) is 0.500. The summed E-state index contributed by atoms with van der Waals surface area (Å²) >= 11 is 0. The molecule has 1 N–H and O–H groups in total. The molecule has 2 bridgehead atoms. The zero-order chi connectivity index (χ0) is 19.7. The van der Waals surface area contributed by atoms with Crippen LogP contribution >= 0.6 is 0 Å². The zero-order valence-electron chi connectivity index (χ0n) is 16.1. The second-order valence-electron chi connectivity index (χ2n) is 8.95. The number of amides is 1. The molecule has 5 rings (SSSR count). The second-order valence-corrected chi connectivity index (χ2v) is 8.95. The molecule has 0 unspecified atom stereocenters. The minimum atomic E-state index is -0.720. The molecule has 0 spiro atoms. The summed E-state index contributed by atoms with van der Waals surface area (Å²) in [6.45, 7) is 4.21. The van der Waals surface area contributed by atoms with Gasteiger partial charge >= 0.3 is 0 Å². The monoisotopic (exact) mass is 383 g/mol. The van der Waals surface area contributed by atoms with Crippen molar-refractivity contribution in [3.8, 4) is 11.3 Å². The first-order valence-corrected chi connectivity index (χ1v) is 9.99. The smallest absolute Gasteiger partial charge is 0.233 e. The highest BCUT2D eigenvalue weighted by Gasteiger charge is 2.67. The van der Waals surface area contributed by atoms with Crippen molar-refractivity contribution in [1.82, 2.24) is 15.5 Å². The molecule has 0 radical (unpaired) electrons. The van der Waals surface area contributed by atoms with E-state index in [0.717, 1.165) is 37.7 Å².